The maximum absolute atomic E-state index is 12.8. The van der Waals surface area contributed by atoms with Crippen LogP contribution in [0.2, 0.25) is 0 Å². The van der Waals surface area contributed by atoms with Crippen LogP contribution in [-0.4, -0.2) is 70.3 Å². The van der Waals surface area contributed by atoms with Gasteiger partial charge in [0, 0.05) is 13.0 Å². The summed E-state index contributed by atoms with van der Waals surface area (Å²) in [5, 5.41) is 14.3. The molecule has 1 aromatic rings. The first-order valence-corrected chi connectivity index (χ1v) is 10.3. The predicted molar refractivity (Wildman–Crippen MR) is 114 cm³/mol. The Balaban J connectivity index is 2.11. The van der Waals surface area contributed by atoms with Gasteiger partial charge < -0.3 is 32.1 Å². The molecule has 4 amide bonds. The minimum Gasteiger partial charge on any atom is -0.480 e. The third-order valence-corrected chi connectivity index (χ3v) is 5.16. The number of carbonyl (C=O) groups is 5. The van der Waals surface area contributed by atoms with Gasteiger partial charge in [-0.2, -0.15) is 0 Å². The van der Waals surface area contributed by atoms with E-state index in [1.54, 1.807) is 30.3 Å². The van der Waals surface area contributed by atoms with E-state index in [4.69, 9.17) is 11.5 Å². The second-order valence-electron chi connectivity index (χ2n) is 7.80. The Labute approximate surface area is 185 Å². The SMILES string of the molecule is CC(N)C(=O)N1CCCC1C(=O)NC(CC(N)=O)C(=O)NC(Cc1ccccc1)C(=O)O. The van der Waals surface area contributed by atoms with Gasteiger partial charge in [-0.15, -0.1) is 0 Å². The van der Waals surface area contributed by atoms with Crippen LogP contribution in [0.25, 0.3) is 0 Å². The van der Waals surface area contributed by atoms with Crippen LogP contribution >= 0.6 is 0 Å². The Bertz CT molecular complexity index is 859. The lowest BCUT2D eigenvalue weighted by molar-refractivity contribution is -0.143. The smallest absolute Gasteiger partial charge is 0.326 e. The number of carbonyl (C=O) groups excluding carboxylic acids is 4. The van der Waals surface area contributed by atoms with E-state index in [0.717, 1.165) is 0 Å². The van der Waals surface area contributed by atoms with E-state index in [0.29, 0.717) is 24.9 Å². The van der Waals surface area contributed by atoms with Gasteiger partial charge >= 0.3 is 5.97 Å². The van der Waals surface area contributed by atoms with Gasteiger partial charge in [-0.25, -0.2) is 4.79 Å². The van der Waals surface area contributed by atoms with Crippen LogP contribution in [0.5, 0.6) is 0 Å². The van der Waals surface area contributed by atoms with Crippen LogP contribution in [0.3, 0.4) is 0 Å². The number of hydrogen-bond acceptors (Lipinski definition) is 6. The number of aliphatic carboxylic acids is 1. The molecular weight excluding hydrogens is 418 g/mol. The fraction of sp³-hybridized carbons (Fsp3) is 0.476. The largest absolute Gasteiger partial charge is 0.480 e. The highest BCUT2D eigenvalue weighted by Gasteiger charge is 2.37. The van der Waals surface area contributed by atoms with Crippen LogP contribution in [0, 0.1) is 0 Å². The number of amides is 4. The Morgan fingerprint density at radius 1 is 1.12 bits per heavy atom. The van der Waals surface area contributed by atoms with Crippen molar-refractivity contribution >= 4 is 29.6 Å². The third-order valence-electron chi connectivity index (χ3n) is 5.16. The van der Waals surface area contributed by atoms with Crippen LogP contribution in [0.4, 0.5) is 0 Å². The molecule has 11 nitrogen and oxygen atoms in total. The number of carboxylic acids is 1. The number of primary amides is 1. The second kappa shape index (κ2) is 11.2. The molecule has 1 saturated heterocycles. The number of likely N-dealkylation sites (tertiary alicyclic amines) is 1. The first kappa shape index (κ1) is 24.8. The van der Waals surface area contributed by atoms with Crippen LogP contribution < -0.4 is 22.1 Å². The maximum atomic E-state index is 12.8. The van der Waals surface area contributed by atoms with Crippen LogP contribution in [0.1, 0.15) is 31.7 Å². The molecule has 1 aromatic carbocycles. The summed E-state index contributed by atoms with van der Waals surface area (Å²) in [6.45, 7) is 1.86. The highest BCUT2D eigenvalue weighted by molar-refractivity contribution is 5.96. The standard InChI is InChI=1S/C21H29N5O6/c1-12(22)20(30)26-9-5-8-16(26)19(29)24-14(11-17(23)27)18(28)25-15(21(31)32)10-13-6-3-2-4-7-13/h2-4,6-7,12,14-16H,5,8-11,22H2,1H3,(H2,23,27)(H,24,29)(H,25,28)(H,31,32). The molecule has 0 radical (unpaired) electrons. The topological polar surface area (TPSA) is 185 Å². The van der Waals surface area contributed by atoms with E-state index in [9.17, 15) is 29.1 Å². The lowest BCUT2D eigenvalue weighted by Gasteiger charge is -2.27. The first-order chi connectivity index (χ1) is 15.1. The molecule has 1 fully saturated rings. The average Bonchev–Trinajstić information content (AvgIpc) is 3.22. The number of nitrogens with one attached hydrogen (secondary N) is 2. The Morgan fingerprint density at radius 2 is 1.78 bits per heavy atom. The van der Waals surface area contributed by atoms with E-state index in [1.807, 2.05) is 0 Å². The quantitative estimate of drug-likeness (QED) is 0.289. The van der Waals surface area contributed by atoms with Gasteiger partial charge in [0.25, 0.3) is 0 Å². The number of nitrogens with two attached hydrogens (primary N) is 2. The van der Waals surface area contributed by atoms with Gasteiger partial charge in [0.1, 0.15) is 18.1 Å². The summed E-state index contributed by atoms with van der Waals surface area (Å²) < 4.78 is 0. The summed E-state index contributed by atoms with van der Waals surface area (Å²) in [5.74, 6) is -4.00. The second-order valence-corrected chi connectivity index (χ2v) is 7.80. The van der Waals surface area contributed by atoms with Crippen molar-refractivity contribution in [3.05, 3.63) is 35.9 Å². The minimum absolute atomic E-state index is 0.0123. The fourth-order valence-electron chi connectivity index (χ4n) is 3.57. The third kappa shape index (κ3) is 6.77. The molecule has 4 unspecified atom stereocenters. The van der Waals surface area contributed by atoms with E-state index >= 15 is 0 Å². The molecule has 1 heterocycles. The van der Waals surface area contributed by atoms with E-state index in [2.05, 4.69) is 10.6 Å². The summed E-state index contributed by atoms with van der Waals surface area (Å²) in [5.41, 5.74) is 11.5. The highest BCUT2D eigenvalue weighted by atomic mass is 16.4. The lowest BCUT2D eigenvalue weighted by Crippen LogP contribution is -2.57. The number of benzene rings is 1. The molecule has 0 spiro atoms. The zero-order valence-electron chi connectivity index (χ0n) is 17.8. The summed E-state index contributed by atoms with van der Waals surface area (Å²) in [7, 11) is 0. The van der Waals surface area contributed by atoms with E-state index in [-0.39, 0.29) is 6.42 Å². The first-order valence-electron chi connectivity index (χ1n) is 10.3. The predicted octanol–water partition coefficient (Wildman–Crippen LogP) is -1.50. The molecule has 0 bridgehead atoms. The zero-order valence-corrected chi connectivity index (χ0v) is 17.8. The minimum atomic E-state index is -1.38. The number of rotatable bonds is 10. The van der Waals surface area contributed by atoms with Gasteiger partial charge in [-0.1, -0.05) is 30.3 Å². The maximum Gasteiger partial charge on any atom is 0.326 e. The van der Waals surface area contributed by atoms with E-state index < -0.39 is 60.2 Å². The molecule has 0 saturated carbocycles. The summed E-state index contributed by atoms with van der Waals surface area (Å²) in [6.07, 6.45) is 0.448. The molecule has 32 heavy (non-hydrogen) atoms. The highest BCUT2D eigenvalue weighted by Crippen LogP contribution is 2.18. The van der Waals surface area contributed by atoms with Gasteiger partial charge in [0.2, 0.25) is 23.6 Å². The van der Waals surface area contributed by atoms with Crippen molar-refractivity contribution in [2.24, 2.45) is 11.5 Å². The van der Waals surface area contributed by atoms with Crippen molar-refractivity contribution in [3.63, 3.8) is 0 Å². The van der Waals surface area contributed by atoms with Crippen molar-refractivity contribution in [1.29, 1.82) is 0 Å². The molecule has 11 heteroatoms. The number of nitrogens with zero attached hydrogens (tertiary/aromatic N) is 1. The monoisotopic (exact) mass is 447 g/mol. The normalized spacial score (nSPS) is 18.3. The molecule has 0 aliphatic carbocycles. The Kier molecular flexibility index (Phi) is 8.71. The zero-order chi connectivity index (χ0) is 23.8. The molecule has 4 atom stereocenters. The summed E-state index contributed by atoms with van der Waals surface area (Å²) >= 11 is 0. The van der Waals surface area contributed by atoms with Gasteiger partial charge in [-0.05, 0) is 25.3 Å². The van der Waals surface area contributed by atoms with Gasteiger partial charge in [0.05, 0.1) is 12.5 Å². The van der Waals surface area contributed by atoms with Crippen molar-refractivity contribution in [1.82, 2.24) is 15.5 Å². The lowest BCUT2D eigenvalue weighted by atomic mass is 10.0. The van der Waals surface area contributed by atoms with Crippen molar-refractivity contribution in [3.8, 4) is 0 Å². The molecule has 1 aliphatic rings. The number of carboxylic acid groups (broad SMARTS) is 1. The van der Waals surface area contributed by atoms with Crippen LogP contribution in [0.15, 0.2) is 30.3 Å². The molecule has 7 N–H and O–H groups in total. The van der Waals surface area contributed by atoms with Crippen molar-refractivity contribution in [2.75, 3.05) is 6.54 Å². The van der Waals surface area contributed by atoms with Crippen molar-refractivity contribution < 1.29 is 29.1 Å². The summed E-state index contributed by atoms with van der Waals surface area (Å²) in [6, 6.07) is 4.40. The Morgan fingerprint density at radius 3 is 2.34 bits per heavy atom. The van der Waals surface area contributed by atoms with Crippen molar-refractivity contribution in [2.45, 2.75) is 56.8 Å². The fourth-order valence-corrected chi connectivity index (χ4v) is 3.57. The van der Waals surface area contributed by atoms with Gasteiger partial charge in [0.15, 0.2) is 0 Å². The molecular formula is C21H29N5O6. The molecule has 0 aromatic heterocycles. The Hall–Kier alpha value is -3.47. The average molecular weight is 447 g/mol. The van der Waals surface area contributed by atoms with E-state index in [1.165, 1.54) is 11.8 Å². The molecule has 2 rings (SSSR count). The van der Waals surface area contributed by atoms with Gasteiger partial charge in [-0.3, -0.25) is 19.2 Å². The summed E-state index contributed by atoms with van der Waals surface area (Å²) in [4.78, 5) is 62.3. The van der Waals surface area contributed by atoms with Crippen LogP contribution in [-0.2, 0) is 30.4 Å². The molecule has 174 valence electrons. The number of hydrogen-bond donors (Lipinski definition) is 5. The molecule has 1 aliphatic heterocycles.